The third kappa shape index (κ3) is 16.2. The highest BCUT2D eigenvalue weighted by Gasteiger charge is 2.07. The number of aliphatic hydroxyl groups is 2. The van der Waals surface area contributed by atoms with Gasteiger partial charge in [0, 0.05) is 7.11 Å². The average Bonchev–Trinajstić information content (AvgIpc) is 2.57. The largest absolute Gasteiger partial charge is 0.394 e. The van der Waals surface area contributed by atoms with E-state index in [1.54, 1.807) is 7.11 Å². The van der Waals surface area contributed by atoms with Crippen molar-refractivity contribution in [1.82, 2.24) is 0 Å². The monoisotopic (exact) mass is 330 g/mol. The van der Waals surface area contributed by atoms with Crippen molar-refractivity contribution in [2.75, 3.05) is 26.9 Å². The smallest absolute Gasteiger partial charge is 0.100 e. The van der Waals surface area contributed by atoms with E-state index < -0.39 is 6.10 Å². The van der Waals surface area contributed by atoms with E-state index >= 15 is 0 Å². The van der Waals surface area contributed by atoms with Crippen LogP contribution in [-0.2, 0) is 9.47 Å². The lowest BCUT2D eigenvalue weighted by Crippen LogP contribution is -2.24. The summed E-state index contributed by atoms with van der Waals surface area (Å²) in [5.41, 5.74) is 0. The van der Waals surface area contributed by atoms with Gasteiger partial charge in [-0.15, -0.1) is 0 Å². The van der Waals surface area contributed by atoms with Gasteiger partial charge in [0.15, 0.2) is 0 Å². The molecule has 0 heterocycles. The Hall–Kier alpha value is -0.420. The highest BCUT2D eigenvalue weighted by atomic mass is 16.5. The Morgan fingerprint density at radius 3 is 2.17 bits per heavy atom. The van der Waals surface area contributed by atoms with Gasteiger partial charge >= 0.3 is 0 Å². The molecule has 0 bridgehead atoms. The van der Waals surface area contributed by atoms with Crippen LogP contribution in [0.4, 0.5) is 0 Å². The van der Waals surface area contributed by atoms with Crippen LogP contribution in [0.25, 0.3) is 0 Å². The molecule has 2 N–H and O–H groups in total. The van der Waals surface area contributed by atoms with E-state index in [-0.39, 0.29) is 19.3 Å². The molecule has 0 saturated carbocycles. The van der Waals surface area contributed by atoms with Crippen molar-refractivity contribution in [3.8, 4) is 0 Å². The van der Waals surface area contributed by atoms with Gasteiger partial charge in [0.05, 0.1) is 25.9 Å². The molecule has 0 unspecified atom stereocenters. The summed E-state index contributed by atoms with van der Waals surface area (Å²) in [6, 6.07) is 0. The van der Waals surface area contributed by atoms with Crippen molar-refractivity contribution in [3.63, 3.8) is 0 Å². The van der Waals surface area contributed by atoms with Crippen molar-refractivity contribution in [2.24, 2.45) is 0 Å². The van der Waals surface area contributed by atoms with Crippen LogP contribution in [-0.4, -0.2) is 49.4 Å². The number of unbranched alkanes of at least 4 members (excludes halogenated alkanes) is 8. The summed E-state index contributed by atoms with van der Waals surface area (Å²) in [4.78, 5) is 0. The molecule has 0 aliphatic heterocycles. The number of allylic oxidation sites excluding steroid dienone is 1. The Morgan fingerprint density at radius 2 is 1.57 bits per heavy atom. The Labute approximate surface area is 142 Å². The fourth-order valence-electron chi connectivity index (χ4n) is 2.38. The number of aliphatic hydroxyl groups excluding tert-OH is 2. The van der Waals surface area contributed by atoms with Crippen LogP contribution in [0.2, 0.25) is 0 Å². The molecule has 138 valence electrons. The SMILES string of the molecule is CCCCCCCCCC/C=C\C[C@H](COC[C@@H](O)CO)OC. The van der Waals surface area contributed by atoms with Gasteiger partial charge in [-0.25, -0.2) is 0 Å². The minimum Gasteiger partial charge on any atom is -0.394 e. The minimum absolute atomic E-state index is 0.00992. The summed E-state index contributed by atoms with van der Waals surface area (Å²) in [7, 11) is 1.67. The zero-order valence-electron chi connectivity index (χ0n) is 15.2. The van der Waals surface area contributed by atoms with Gasteiger partial charge in [0.1, 0.15) is 6.10 Å². The van der Waals surface area contributed by atoms with Gasteiger partial charge in [-0.3, -0.25) is 0 Å². The standard InChI is InChI=1S/C19H38O4/c1-3-4-5-6-7-8-9-10-11-12-13-14-19(22-2)17-23-16-18(21)15-20/h12-13,18-21H,3-11,14-17H2,1-2H3/b13-12-/t18-,19+/m0/s1. The predicted molar refractivity (Wildman–Crippen MR) is 95.7 cm³/mol. The van der Waals surface area contributed by atoms with Crippen LogP contribution in [0.5, 0.6) is 0 Å². The van der Waals surface area contributed by atoms with E-state index in [1.165, 1.54) is 51.4 Å². The van der Waals surface area contributed by atoms with E-state index in [4.69, 9.17) is 14.6 Å². The minimum atomic E-state index is -0.801. The lowest BCUT2D eigenvalue weighted by atomic mass is 10.1. The normalized spacial score (nSPS) is 14.4. The molecule has 0 amide bonds. The molecule has 2 atom stereocenters. The molecular formula is C19H38O4. The van der Waals surface area contributed by atoms with E-state index in [1.807, 2.05) is 0 Å². The second-order valence-electron chi connectivity index (χ2n) is 6.20. The molecule has 0 spiro atoms. The highest BCUT2D eigenvalue weighted by Crippen LogP contribution is 2.10. The third-order valence-electron chi connectivity index (χ3n) is 3.95. The molecule has 4 nitrogen and oxygen atoms in total. The summed E-state index contributed by atoms with van der Waals surface area (Å²) in [5, 5.41) is 17.9. The summed E-state index contributed by atoms with van der Waals surface area (Å²) < 4.78 is 10.7. The fraction of sp³-hybridized carbons (Fsp3) is 0.895. The van der Waals surface area contributed by atoms with Gasteiger partial charge in [-0.1, -0.05) is 64.0 Å². The second kappa shape index (κ2) is 17.9. The van der Waals surface area contributed by atoms with Crippen LogP contribution in [0, 0.1) is 0 Å². The van der Waals surface area contributed by atoms with E-state index in [0.717, 1.165) is 12.8 Å². The third-order valence-corrected chi connectivity index (χ3v) is 3.95. The molecule has 0 aliphatic rings. The maximum atomic E-state index is 9.19. The Bertz CT molecular complexity index is 256. The maximum absolute atomic E-state index is 9.19. The van der Waals surface area contributed by atoms with E-state index in [9.17, 15) is 5.11 Å². The summed E-state index contributed by atoms with van der Waals surface area (Å²) >= 11 is 0. The molecule has 0 aromatic rings. The van der Waals surface area contributed by atoms with E-state index in [0.29, 0.717) is 6.61 Å². The predicted octanol–water partition coefficient (Wildman–Crippen LogP) is 3.85. The first kappa shape index (κ1) is 22.6. The Balaban J connectivity index is 3.44. The zero-order valence-corrected chi connectivity index (χ0v) is 15.2. The van der Waals surface area contributed by atoms with Gasteiger partial charge in [0.25, 0.3) is 0 Å². The molecule has 0 aromatic heterocycles. The van der Waals surface area contributed by atoms with Crippen LogP contribution >= 0.6 is 0 Å². The molecule has 0 rings (SSSR count). The number of hydrogen-bond donors (Lipinski definition) is 2. The van der Waals surface area contributed by atoms with Crippen molar-refractivity contribution in [3.05, 3.63) is 12.2 Å². The highest BCUT2D eigenvalue weighted by molar-refractivity contribution is 4.84. The van der Waals surface area contributed by atoms with Gasteiger partial charge in [-0.05, 0) is 19.3 Å². The lowest BCUT2D eigenvalue weighted by Gasteiger charge is -2.15. The maximum Gasteiger partial charge on any atom is 0.100 e. The molecule has 0 radical (unpaired) electrons. The number of methoxy groups -OCH3 is 1. The fourth-order valence-corrected chi connectivity index (χ4v) is 2.38. The number of hydrogen-bond acceptors (Lipinski definition) is 4. The molecule has 0 fully saturated rings. The summed E-state index contributed by atoms with van der Waals surface area (Å²) in [6.07, 6.45) is 16.4. The second-order valence-corrected chi connectivity index (χ2v) is 6.20. The van der Waals surface area contributed by atoms with Gasteiger partial charge in [-0.2, -0.15) is 0 Å². The summed E-state index contributed by atoms with van der Waals surface area (Å²) in [5.74, 6) is 0. The first-order chi connectivity index (χ1) is 11.2. The molecule has 23 heavy (non-hydrogen) atoms. The topological polar surface area (TPSA) is 58.9 Å². The van der Waals surface area contributed by atoms with E-state index in [2.05, 4.69) is 19.1 Å². The van der Waals surface area contributed by atoms with Crippen molar-refractivity contribution in [1.29, 1.82) is 0 Å². The number of ether oxygens (including phenoxy) is 2. The van der Waals surface area contributed by atoms with Crippen LogP contribution in [0.1, 0.15) is 71.1 Å². The first-order valence-corrected chi connectivity index (χ1v) is 9.29. The Kier molecular flexibility index (Phi) is 17.6. The van der Waals surface area contributed by atoms with Crippen molar-refractivity contribution >= 4 is 0 Å². The molecule has 0 aliphatic carbocycles. The van der Waals surface area contributed by atoms with Crippen LogP contribution in [0.3, 0.4) is 0 Å². The lowest BCUT2D eigenvalue weighted by molar-refractivity contribution is -0.0345. The van der Waals surface area contributed by atoms with Crippen LogP contribution in [0.15, 0.2) is 12.2 Å². The average molecular weight is 331 g/mol. The van der Waals surface area contributed by atoms with Gasteiger partial charge < -0.3 is 19.7 Å². The van der Waals surface area contributed by atoms with Crippen molar-refractivity contribution in [2.45, 2.75) is 83.3 Å². The first-order valence-electron chi connectivity index (χ1n) is 9.29. The van der Waals surface area contributed by atoms with Crippen molar-refractivity contribution < 1.29 is 19.7 Å². The number of rotatable bonds is 17. The Morgan fingerprint density at radius 1 is 0.913 bits per heavy atom. The molecular weight excluding hydrogens is 292 g/mol. The molecule has 4 heteroatoms. The van der Waals surface area contributed by atoms with Gasteiger partial charge in [0.2, 0.25) is 0 Å². The summed E-state index contributed by atoms with van der Waals surface area (Å²) in [6.45, 7) is 2.58. The zero-order chi connectivity index (χ0) is 17.2. The molecule has 0 aromatic carbocycles. The molecule has 0 saturated heterocycles. The quantitative estimate of drug-likeness (QED) is 0.314. The van der Waals surface area contributed by atoms with Crippen LogP contribution < -0.4 is 0 Å².